The molecule has 1 radical (unpaired) electrons. The third kappa shape index (κ3) is 2.67. The lowest BCUT2D eigenvalue weighted by atomic mass is 9.74. The molecular weight excluding hydrogens is 312 g/mol. The van der Waals surface area contributed by atoms with Gasteiger partial charge in [0.1, 0.15) is 11.5 Å². The molecule has 1 atom stereocenters. The fraction of sp³-hybridized carbons (Fsp3) is 0.333. The van der Waals surface area contributed by atoms with Crippen molar-refractivity contribution in [2.24, 2.45) is 5.41 Å². The third-order valence-corrected chi connectivity index (χ3v) is 5.20. The largest absolute Gasteiger partial charge is 0.543 e. The van der Waals surface area contributed by atoms with Crippen molar-refractivity contribution in [3.05, 3.63) is 59.7 Å². The monoisotopic (exact) mass is 337 g/mol. The molecule has 1 aliphatic carbocycles. The van der Waals surface area contributed by atoms with Crippen LogP contribution in [0, 0.1) is 5.41 Å². The summed E-state index contributed by atoms with van der Waals surface area (Å²) in [6.45, 7) is 15.1. The zero-order valence-electron chi connectivity index (χ0n) is 15.1. The van der Waals surface area contributed by atoms with E-state index in [9.17, 15) is 5.11 Å². The third-order valence-electron chi connectivity index (χ3n) is 4.55. The highest BCUT2D eigenvalue weighted by atomic mass is 28.3. The lowest BCUT2D eigenvalue weighted by molar-refractivity contribution is 0.362. The van der Waals surface area contributed by atoms with Crippen molar-refractivity contribution in [3.63, 3.8) is 0 Å². The van der Waals surface area contributed by atoms with Crippen LogP contribution in [0.3, 0.4) is 0 Å². The molecule has 1 unspecified atom stereocenters. The molecule has 2 nitrogen and oxygen atoms in total. The predicted octanol–water partition coefficient (Wildman–Crippen LogP) is 5.79. The smallest absolute Gasteiger partial charge is 0.274 e. The number of phenolic OH excluding ortho intramolecular Hbond substituents is 1. The van der Waals surface area contributed by atoms with Crippen molar-refractivity contribution in [1.82, 2.24) is 0 Å². The van der Waals surface area contributed by atoms with Gasteiger partial charge in [-0.05, 0) is 47.3 Å². The van der Waals surface area contributed by atoms with E-state index in [4.69, 9.17) is 4.43 Å². The Balaban J connectivity index is 2.29. The maximum Gasteiger partial charge on any atom is 0.274 e. The molecule has 1 N–H and O–H groups in total. The molecule has 0 amide bonds. The highest BCUT2D eigenvalue weighted by molar-refractivity contribution is 6.49. The van der Waals surface area contributed by atoms with E-state index in [1.807, 2.05) is 12.1 Å². The van der Waals surface area contributed by atoms with Gasteiger partial charge in [-0.1, -0.05) is 51.6 Å². The summed E-state index contributed by atoms with van der Waals surface area (Å²) >= 11 is 0. The lowest BCUT2D eigenvalue weighted by Gasteiger charge is -2.31. The molecule has 0 saturated heterocycles. The molecule has 0 saturated carbocycles. The molecule has 0 aliphatic heterocycles. The van der Waals surface area contributed by atoms with Gasteiger partial charge in [0.15, 0.2) is 0 Å². The summed E-state index contributed by atoms with van der Waals surface area (Å²) in [5, 5.41) is 10.6. The van der Waals surface area contributed by atoms with Gasteiger partial charge in [0.2, 0.25) is 0 Å². The number of hydrogen-bond acceptors (Lipinski definition) is 2. The van der Waals surface area contributed by atoms with Crippen LogP contribution >= 0.6 is 0 Å². The van der Waals surface area contributed by atoms with Crippen molar-refractivity contribution < 1.29 is 9.53 Å². The Kier molecular flexibility index (Phi) is 4.08. The highest BCUT2D eigenvalue weighted by Crippen LogP contribution is 2.56. The van der Waals surface area contributed by atoms with Crippen molar-refractivity contribution in [3.8, 4) is 16.9 Å². The van der Waals surface area contributed by atoms with Crippen LogP contribution in [-0.2, 0) is 4.43 Å². The first-order chi connectivity index (χ1) is 11.2. The lowest BCUT2D eigenvalue weighted by Crippen LogP contribution is -2.19. The molecule has 3 heteroatoms. The molecule has 0 fully saturated rings. The van der Waals surface area contributed by atoms with Crippen LogP contribution in [0.2, 0.25) is 13.1 Å². The SMILES string of the molecule is C=C(O[Si](C)C)c1ccc(O)c2c1C(C(C)(C)C)c1ccccc1-2. The molecule has 0 heterocycles. The van der Waals surface area contributed by atoms with E-state index in [1.165, 1.54) is 5.56 Å². The number of aromatic hydroxyl groups is 1. The van der Waals surface area contributed by atoms with Crippen LogP contribution in [0.5, 0.6) is 5.75 Å². The van der Waals surface area contributed by atoms with Gasteiger partial charge in [-0.2, -0.15) is 0 Å². The van der Waals surface area contributed by atoms with E-state index >= 15 is 0 Å². The Labute approximate surface area is 146 Å². The first-order valence-corrected chi connectivity index (χ1v) is 10.7. The molecule has 3 rings (SSSR count). The summed E-state index contributed by atoms with van der Waals surface area (Å²) in [6, 6.07) is 12.1. The molecule has 0 spiro atoms. The molecular formula is C21H25O2Si. The Morgan fingerprint density at radius 1 is 1.12 bits per heavy atom. The normalized spacial score (nSPS) is 16.0. The van der Waals surface area contributed by atoms with Gasteiger partial charge < -0.3 is 9.53 Å². The maximum absolute atomic E-state index is 10.6. The van der Waals surface area contributed by atoms with Gasteiger partial charge in [-0.3, -0.25) is 0 Å². The summed E-state index contributed by atoms with van der Waals surface area (Å²) in [4.78, 5) is 0. The van der Waals surface area contributed by atoms with Crippen molar-refractivity contribution in [1.29, 1.82) is 0 Å². The average Bonchev–Trinajstić information content (AvgIpc) is 2.82. The van der Waals surface area contributed by atoms with Crippen molar-refractivity contribution >= 4 is 14.8 Å². The topological polar surface area (TPSA) is 29.5 Å². The van der Waals surface area contributed by atoms with E-state index in [1.54, 1.807) is 6.07 Å². The standard InChI is InChI=1S/C21H25O2Si/c1-13(23-24(5)6)14-11-12-17(22)18-15-9-7-8-10-16(15)20(19(14)18)21(2,3)4/h7-12,20,22H,1H2,2-6H3. The van der Waals surface area contributed by atoms with Gasteiger partial charge in [-0.15, -0.1) is 0 Å². The average molecular weight is 338 g/mol. The molecule has 0 aromatic heterocycles. The quantitative estimate of drug-likeness (QED) is 0.567. The Morgan fingerprint density at radius 3 is 2.42 bits per heavy atom. The highest BCUT2D eigenvalue weighted by Gasteiger charge is 2.40. The number of phenols is 1. The van der Waals surface area contributed by atoms with Crippen LogP contribution < -0.4 is 0 Å². The molecule has 125 valence electrons. The van der Waals surface area contributed by atoms with Gasteiger partial charge in [-0.25, -0.2) is 0 Å². The van der Waals surface area contributed by atoms with Gasteiger partial charge in [0, 0.05) is 17.0 Å². The van der Waals surface area contributed by atoms with E-state index in [2.05, 4.69) is 58.6 Å². The van der Waals surface area contributed by atoms with Gasteiger partial charge >= 0.3 is 0 Å². The minimum Gasteiger partial charge on any atom is -0.543 e. The van der Waals surface area contributed by atoms with Gasteiger partial charge in [0.05, 0.1) is 0 Å². The fourth-order valence-electron chi connectivity index (χ4n) is 3.77. The zero-order chi connectivity index (χ0) is 17.6. The Hall–Kier alpha value is -2.00. The van der Waals surface area contributed by atoms with Crippen LogP contribution in [0.1, 0.15) is 43.4 Å². The van der Waals surface area contributed by atoms with E-state index in [-0.39, 0.29) is 11.3 Å². The Morgan fingerprint density at radius 2 is 1.79 bits per heavy atom. The van der Waals surface area contributed by atoms with Gasteiger partial charge in [0.25, 0.3) is 9.04 Å². The molecule has 1 aliphatic rings. The molecule has 2 aromatic rings. The minimum absolute atomic E-state index is 0.0242. The Bertz CT molecular complexity index is 800. The number of hydrogen-bond donors (Lipinski definition) is 1. The summed E-state index contributed by atoms with van der Waals surface area (Å²) in [7, 11) is -0.889. The van der Waals surface area contributed by atoms with Crippen LogP contribution in [0.15, 0.2) is 43.0 Å². The number of benzene rings is 2. The summed E-state index contributed by atoms with van der Waals surface area (Å²) in [5.74, 6) is 1.25. The zero-order valence-corrected chi connectivity index (χ0v) is 16.1. The summed E-state index contributed by atoms with van der Waals surface area (Å²) in [6.07, 6.45) is 0. The number of fused-ring (bicyclic) bond motifs is 3. The first kappa shape index (κ1) is 16.8. The van der Waals surface area contributed by atoms with Crippen LogP contribution in [0.4, 0.5) is 0 Å². The van der Waals surface area contributed by atoms with E-state index in [0.29, 0.717) is 11.5 Å². The van der Waals surface area contributed by atoms with Crippen molar-refractivity contribution in [2.45, 2.75) is 39.8 Å². The van der Waals surface area contributed by atoms with E-state index in [0.717, 1.165) is 22.3 Å². The molecule has 24 heavy (non-hydrogen) atoms. The summed E-state index contributed by atoms with van der Waals surface area (Å²) < 4.78 is 5.99. The molecule has 0 bridgehead atoms. The van der Waals surface area contributed by atoms with Crippen molar-refractivity contribution in [2.75, 3.05) is 0 Å². The van der Waals surface area contributed by atoms with Crippen LogP contribution in [-0.4, -0.2) is 14.1 Å². The van der Waals surface area contributed by atoms with E-state index < -0.39 is 9.04 Å². The van der Waals surface area contributed by atoms with Crippen LogP contribution in [0.25, 0.3) is 16.9 Å². The fourth-order valence-corrected chi connectivity index (χ4v) is 4.37. The molecule has 2 aromatic carbocycles. The second-order valence-electron chi connectivity index (χ2n) is 7.74. The minimum atomic E-state index is -0.889. The predicted molar refractivity (Wildman–Crippen MR) is 102 cm³/mol. The first-order valence-electron chi connectivity index (χ1n) is 8.34. The second kappa shape index (κ2) is 5.82. The summed E-state index contributed by atoms with van der Waals surface area (Å²) in [5.41, 5.74) is 5.53. The maximum atomic E-state index is 10.6. The number of rotatable bonds is 3. The second-order valence-corrected chi connectivity index (χ2v) is 9.76.